The van der Waals surface area contributed by atoms with Gasteiger partial charge in [0.15, 0.2) is 74.3 Å². The SMILES string of the molecule is C.C.C.C.CCN(CC)c1ccccc1.CCO.CCOC(=O)c1[nH]c(=O)[nH]c(=O)c1F.CCOC(=O)c1nc(Cl)nc(Cl)c1F.CCOC(=O)c1nc(Cl)nc(Nc2cc(C)[nH]n2)c1F.CCOC(=O)c1nc(N(C)C2C[C@H]3CCC[C@@H](C2)N3S(=O)(=O)CC)nc(Nc2cc(C)[nH]n2)c1F.CCS(=O)(=O)N1[C@@H]2CCC[C@H]1CC(NC)C2.Cc1cc(N)n[nH]1.O=C(O)c1[nH]c(=O)[nH]c(=O)c1F.O=P(Cl)(Cl)Cl. The number of hydrogen-bond acceptors (Lipinski definition) is 34. The maximum atomic E-state index is 15.2. The van der Waals surface area contributed by atoms with Gasteiger partial charge in [-0.05, 0) is 211 Å². The summed E-state index contributed by atoms with van der Waals surface area (Å²) in [4.78, 5) is 132. The molecule has 0 aliphatic carbocycles. The number of piperidine rings is 4. The van der Waals surface area contributed by atoms with Crippen LogP contribution < -0.4 is 54.0 Å². The van der Waals surface area contributed by atoms with Gasteiger partial charge in [-0.1, -0.05) is 72.3 Å². The minimum atomic E-state index is -3.31. The number of aliphatic hydroxyl groups is 1. The maximum Gasteiger partial charge on any atom is 0.360 e. The number of nitrogen functional groups attached to an aromatic ring is 1. The number of anilines is 7. The third kappa shape index (κ3) is 41.6. The Morgan fingerprint density at radius 2 is 0.894 bits per heavy atom. The van der Waals surface area contributed by atoms with Crippen LogP contribution in [0.15, 0.2) is 67.7 Å². The van der Waals surface area contributed by atoms with Gasteiger partial charge < -0.3 is 60.6 Å². The number of nitrogens with two attached hydrogens (primary N) is 1. The molecule has 44 nitrogen and oxygen atoms in total. The molecule has 0 saturated carbocycles. The van der Waals surface area contributed by atoms with Crippen molar-refractivity contribution >= 4 is 164 Å². The zero-order valence-electron chi connectivity index (χ0n) is 76.6. The highest BCUT2D eigenvalue weighted by Gasteiger charge is 2.46. The zero-order chi connectivity index (χ0) is 103. The van der Waals surface area contributed by atoms with E-state index in [-0.39, 0.29) is 133 Å². The molecule has 4 aliphatic rings. The normalized spacial score (nSPS) is 15.8. The number of sulfonamides is 2. The van der Waals surface area contributed by atoms with Crippen LogP contribution in [0.4, 0.5) is 62.7 Å². The van der Waals surface area contributed by atoms with Gasteiger partial charge >= 0.3 is 46.4 Å². The third-order valence-corrected chi connectivity index (χ3v) is 23.8. The van der Waals surface area contributed by atoms with Gasteiger partial charge in [-0.3, -0.25) is 49.4 Å². The lowest BCUT2D eigenvalue weighted by atomic mass is 9.83. The number of carboxylic acids is 1. The second-order valence-corrected chi connectivity index (χ2v) is 40.8. The summed E-state index contributed by atoms with van der Waals surface area (Å²) in [5, 5.41) is 40.0. The summed E-state index contributed by atoms with van der Waals surface area (Å²) in [6.45, 7) is 24.0. The monoisotopic (exact) mass is 2180 g/mol. The Labute approximate surface area is 841 Å². The van der Waals surface area contributed by atoms with Gasteiger partial charge in [-0.15, -0.1) is 0 Å². The molecular weight excluding hydrogens is 2060 g/mol. The molecular formula is C83H124Cl6F5N24O20PS2. The number of H-pyrrole nitrogens is 7. The fraction of sp³-hybridized carbons (Fsp3) is 0.518. The van der Waals surface area contributed by atoms with Crippen molar-refractivity contribution < 1.29 is 96.5 Å². The number of aliphatic hydroxyl groups excluding tert-OH is 1. The Hall–Kier alpha value is -10.8. The van der Waals surface area contributed by atoms with Crippen LogP contribution in [-0.2, 0) is 43.6 Å². The first kappa shape index (κ1) is 130. The lowest BCUT2D eigenvalue weighted by Crippen LogP contribution is -2.58. The number of benzene rings is 1. The summed E-state index contributed by atoms with van der Waals surface area (Å²) in [6, 6.07) is 16.3. The maximum absolute atomic E-state index is 15.2. The average Bonchev–Trinajstić information content (AvgIpc) is 1.66. The quantitative estimate of drug-likeness (QED) is 0.00706. The lowest BCUT2D eigenvalue weighted by molar-refractivity contribution is 0.0503. The summed E-state index contributed by atoms with van der Waals surface area (Å²) < 4.78 is 149. The van der Waals surface area contributed by atoms with Crippen LogP contribution in [0.25, 0.3) is 0 Å². The van der Waals surface area contributed by atoms with Crippen LogP contribution in [-0.4, -0.2) is 254 Å². The molecule has 9 aromatic rings. The molecule has 4 bridgehead atoms. The predicted octanol–water partition coefficient (Wildman–Crippen LogP) is 14.5. The van der Waals surface area contributed by atoms with Crippen molar-refractivity contribution in [3.8, 4) is 0 Å². The number of rotatable bonds is 23. The Morgan fingerprint density at radius 1 is 0.532 bits per heavy atom. The molecule has 12 heterocycles. The van der Waals surface area contributed by atoms with Gasteiger partial charge in [0.2, 0.25) is 48.2 Å². The van der Waals surface area contributed by atoms with E-state index in [0.717, 1.165) is 75.1 Å². The van der Waals surface area contributed by atoms with E-state index in [9.17, 15) is 82.1 Å². The second-order valence-electron chi connectivity index (χ2n) is 28.8. The molecule has 13 rings (SSSR count). The number of aromatic nitrogens is 16. The zero-order valence-corrected chi connectivity index (χ0v) is 83.6. The first-order chi connectivity index (χ1) is 64.4. The summed E-state index contributed by atoms with van der Waals surface area (Å²) >= 11 is 30.3. The van der Waals surface area contributed by atoms with E-state index in [1.165, 1.54) is 24.0 Å². The number of aromatic amines is 7. The van der Waals surface area contributed by atoms with Crippen LogP contribution in [0, 0.1) is 49.9 Å². The molecule has 790 valence electrons. The average molecular weight is 2180 g/mol. The Balaban J connectivity index is 0.00000163. The van der Waals surface area contributed by atoms with Gasteiger partial charge in [-0.25, -0.2) is 83.5 Å². The van der Waals surface area contributed by atoms with Crippen molar-refractivity contribution in [3.05, 3.63) is 181 Å². The van der Waals surface area contributed by atoms with E-state index < -0.39 is 140 Å². The number of carbonyl (C=O) groups is 5. The molecule has 4 saturated heterocycles. The van der Waals surface area contributed by atoms with Crippen LogP contribution in [0.1, 0.15) is 226 Å². The number of nitrogens with zero attached hydrogens (tertiary/aromatic N) is 13. The molecule has 0 radical (unpaired) electrons. The fourth-order valence-corrected chi connectivity index (χ4v) is 17.2. The van der Waals surface area contributed by atoms with Gasteiger partial charge in [0, 0.05) is 104 Å². The summed E-state index contributed by atoms with van der Waals surface area (Å²) in [5.74, 6) is -10.0. The van der Waals surface area contributed by atoms with E-state index in [2.05, 4.69) is 163 Å². The number of esters is 4. The first-order valence-electron chi connectivity index (χ1n) is 42.0. The van der Waals surface area contributed by atoms with Gasteiger partial charge in [0.05, 0.1) is 37.9 Å². The van der Waals surface area contributed by atoms with Crippen LogP contribution in [0.3, 0.4) is 0 Å². The third-order valence-electron chi connectivity index (χ3n) is 19.3. The Bertz CT molecular complexity index is 5960. The van der Waals surface area contributed by atoms with E-state index in [1.54, 1.807) is 94.9 Å². The number of halogens is 11. The highest BCUT2D eigenvalue weighted by atomic mass is 36.0. The number of ether oxygens (including phenoxy) is 4. The fourth-order valence-electron chi connectivity index (χ4n) is 13.5. The number of aromatic carboxylic acids is 1. The van der Waals surface area contributed by atoms with Gasteiger partial charge in [-0.2, -0.15) is 42.7 Å². The number of carbonyl (C=O) groups excluding carboxylic acids is 4. The molecule has 6 atom stereocenters. The van der Waals surface area contributed by atoms with Crippen molar-refractivity contribution in [2.75, 3.05) is 97.9 Å². The van der Waals surface area contributed by atoms with E-state index in [0.29, 0.717) is 36.3 Å². The van der Waals surface area contributed by atoms with Crippen molar-refractivity contribution in [1.29, 1.82) is 0 Å². The van der Waals surface area contributed by atoms with Crippen molar-refractivity contribution in [2.24, 2.45) is 0 Å². The van der Waals surface area contributed by atoms with Crippen molar-refractivity contribution in [1.82, 2.24) is 94.4 Å². The number of carboxylic acid groups (broad SMARTS) is 1. The summed E-state index contributed by atoms with van der Waals surface area (Å²) in [5.41, 5.74) is 1.12. The molecule has 14 N–H and O–H groups in total. The van der Waals surface area contributed by atoms with E-state index in [1.807, 2.05) is 34.2 Å². The van der Waals surface area contributed by atoms with Gasteiger partial charge in [0.25, 0.3) is 11.1 Å². The highest BCUT2D eigenvalue weighted by Crippen LogP contribution is 2.61. The standard InChI is InChI=1S/C22H32FN7O4S.C11H11ClFN5O2.C11H22N2O2S.C10H15N.C7H5Cl2FN2O2.C7H7FN2O4.C5H3FN2O4.C4H7N3.C2H6O.4CH4.Cl3OP/c1-5-34-21(31)19-18(23)20(24-17-10-13(3)27-28-17)26-22(25-19)29(4)16-11-14-8-7-9-15(12-16)30(14)35(32,33)6-2;1-3-20-10(19)8-7(13)9(16-11(12)15-8)14-6-4-5(2)17-18-6;1-3-16(14,15)13-10-5-4-6-11(13)8-9(7-10)12-2;1-3-11(4-2)10-8-6-5-7-9-10;1-2-14-6(13)4-3(10)5(8)12-7(9)11-4;1-2-14-6(12)4-3(8)5(11)10-7(13)9-4;6-1-2(4(10)11)7-5(12)8-3(1)9;1-3-2-4(5)7-6-3;1-2-3;;;;;1-5(2,3)4/h10,14-16H,5-9,11-12H2,1-4H3,(H2,24,25,26,27,28);4H,3H2,1-2H3,(H2,14,15,16,17,18);9-12H,3-8H2,1-2H3;5-9H,3-4H2,1-2H3;2H2,1H3;2H2,1H3,(H2,9,10,11,13);(H,10,11)(H2,7,8,9,12);2H,1H3,(H3,5,6,7);3H,2H2,1H3;4*1H4;/t14-,15+,16?;;9?,10-,11+;;;;;;;;;;;. The molecule has 141 heavy (non-hydrogen) atoms. The molecule has 4 aliphatic heterocycles. The molecule has 1 aromatic carbocycles. The molecule has 2 unspecified atom stereocenters. The smallest absolute Gasteiger partial charge is 0.360 e. The number of aryl methyl sites for hydroxylation is 3. The number of nitrogens with one attached hydrogen (secondary N) is 10. The molecule has 58 heteroatoms. The van der Waals surface area contributed by atoms with Gasteiger partial charge in [0.1, 0.15) is 5.82 Å². The van der Waals surface area contributed by atoms with Crippen LogP contribution >= 0.6 is 73.7 Å². The van der Waals surface area contributed by atoms with Crippen molar-refractivity contribution in [3.63, 3.8) is 0 Å². The molecule has 8 aromatic heterocycles. The largest absolute Gasteiger partial charge is 0.476 e. The topological polar surface area (TPSA) is 618 Å². The minimum absolute atomic E-state index is 0. The second kappa shape index (κ2) is 63.2. The van der Waals surface area contributed by atoms with E-state index in [4.69, 9.17) is 60.2 Å². The Morgan fingerprint density at radius 3 is 1.25 bits per heavy atom. The summed E-state index contributed by atoms with van der Waals surface area (Å²) in [6.07, 6.45) is 8.99. The molecule has 4 fully saturated rings. The number of fused-ring (bicyclic) bond motifs is 4. The Kier molecular flexibility index (Phi) is 58.4. The van der Waals surface area contributed by atoms with E-state index >= 15 is 4.39 Å². The van der Waals surface area contributed by atoms with Crippen molar-refractivity contribution in [2.45, 2.75) is 213 Å². The highest BCUT2D eigenvalue weighted by molar-refractivity contribution is 8.24. The van der Waals surface area contributed by atoms with Crippen LogP contribution in [0.2, 0.25) is 15.7 Å². The minimum Gasteiger partial charge on any atom is -0.476 e. The number of hydrogen-bond donors (Lipinski definition) is 13. The number of para-hydroxylation sites is 1. The van der Waals surface area contributed by atoms with Crippen LogP contribution in [0.5, 0.6) is 0 Å². The lowest BCUT2D eigenvalue weighted by Gasteiger charge is -2.49. The first-order valence-corrected chi connectivity index (χ1v) is 50.8. The molecule has 0 amide bonds. The molecule has 0 spiro atoms. The summed E-state index contributed by atoms with van der Waals surface area (Å²) in [7, 11) is -2.55. The predicted molar refractivity (Wildman–Crippen MR) is 532 cm³/mol.